The van der Waals surface area contributed by atoms with E-state index in [1.54, 1.807) is 14.2 Å². The first-order chi connectivity index (χ1) is 8.60. The number of hydrogen-bond donors (Lipinski definition) is 0. The molecule has 3 nitrogen and oxygen atoms in total. The first kappa shape index (κ1) is 12.5. The maximum atomic E-state index is 11.9. The molecule has 4 aliphatic carbocycles. The van der Waals surface area contributed by atoms with Crippen molar-refractivity contribution in [1.82, 2.24) is 5.06 Å². The van der Waals surface area contributed by atoms with E-state index in [1.165, 1.54) is 43.6 Å². The summed E-state index contributed by atoms with van der Waals surface area (Å²) in [6.45, 7) is 0. The number of hydrogen-bond acceptors (Lipinski definition) is 2. The first-order valence-electron chi connectivity index (χ1n) is 7.41. The third-order valence-electron chi connectivity index (χ3n) is 5.66. The predicted octanol–water partition coefficient (Wildman–Crippen LogP) is 3.00. The van der Waals surface area contributed by atoms with Crippen LogP contribution in [0.15, 0.2) is 0 Å². The van der Waals surface area contributed by atoms with Crippen LogP contribution in [0.4, 0.5) is 0 Å². The van der Waals surface area contributed by atoms with Crippen molar-refractivity contribution in [3.8, 4) is 0 Å². The SMILES string of the molecule is CON(C)C(=O)CCC12CC3CC(CC(C3)C1)C2. The van der Waals surface area contributed by atoms with Gasteiger partial charge in [-0.3, -0.25) is 9.63 Å². The van der Waals surface area contributed by atoms with Crippen LogP contribution in [0.2, 0.25) is 0 Å². The molecule has 102 valence electrons. The summed E-state index contributed by atoms with van der Waals surface area (Å²) in [4.78, 5) is 16.8. The summed E-state index contributed by atoms with van der Waals surface area (Å²) in [5.41, 5.74) is 0.513. The van der Waals surface area contributed by atoms with Crippen LogP contribution >= 0.6 is 0 Å². The van der Waals surface area contributed by atoms with Crippen LogP contribution in [-0.4, -0.2) is 25.1 Å². The summed E-state index contributed by atoms with van der Waals surface area (Å²) >= 11 is 0. The molecule has 0 spiro atoms. The molecular weight excluding hydrogens is 226 g/mol. The molecule has 4 fully saturated rings. The zero-order valence-corrected chi connectivity index (χ0v) is 11.7. The molecule has 0 aliphatic heterocycles. The van der Waals surface area contributed by atoms with Crippen molar-refractivity contribution in [2.24, 2.45) is 23.2 Å². The van der Waals surface area contributed by atoms with Gasteiger partial charge in [-0.1, -0.05) is 0 Å². The summed E-state index contributed by atoms with van der Waals surface area (Å²) in [7, 11) is 3.27. The van der Waals surface area contributed by atoms with Gasteiger partial charge in [0.2, 0.25) is 5.91 Å². The van der Waals surface area contributed by atoms with Crippen LogP contribution in [0.3, 0.4) is 0 Å². The van der Waals surface area contributed by atoms with E-state index < -0.39 is 0 Å². The highest BCUT2D eigenvalue weighted by molar-refractivity contribution is 5.74. The lowest BCUT2D eigenvalue weighted by molar-refractivity contribution is -0.170. The van der Waals surface area contributed by atoms with Gasteiger partial charge in [-0.05, 0) is 68.1 Å². The molecule has 18 heavy (non-hydrogen) atoms. The number of rotatable bonds is 4. The van der Waals surface area contributed by atoms with Gasteiger partial charge in [0, 0.05) is 13.5 Å². The first-order valence-corrected chi connectivity index (χ1v) is 7.41. The fraction of sp³-hybridized carbons (Fsp3) is 0.933. The normalized spacial score (nSPS) is 41.1. The largest absolute Gasteiger partial charge is 0.275 e. The van der Waals surface area contributed by atoms with E-state index in [9.17, 15) is 4.79 Å². The molecular formula is C15H25NO2. The third-order valence-corrected chi connectivity index (χ3v) is 5.66. The predicted molar refractivity (Wildman–Crippen MR) is 69.6 cm³/mol. The Bertz CT molecular complexity index is 304. The van der Waals surface area contributed by atoms with Crippen LogP contribution in [0.25, 0.3) is 0 Å². The highest BCUT2D eigenvalue weighted by Crippen LogP contribution is 2.61. The number of carbonyl (C=O) groups excluding carboxylic acids is 1. The third kappa shape index (κ3) is 2.18. The number of nitrogens with zero attached hydrogens (tertiary/aromatic N) is 1. The Kier molecular flexibility index (Phi) is 3.13. The van der Waals surface area contributed by atoms with Crippen molar-refractivity contribution in [2.45, 2.75) is 51.4 Å². The Labute approximate surface area is 110 Å². The van der Waals surface area contributed by atoms with Gasteiger partial charge in [-0.15, -0.1) is 0 Å². The minimum atomic E-state index is 0.133. The Hall–Kier alpha value is -0.570. The summed E-state index contributed by atoms with van der Waals surface area (Å²) in [6, 6.07) is 0. The van der Waals surface area contributed by atoms with E-state index in [-0.39, 0.29) is 5.91 Å². The van der Waals surface area contributed by atoms with Crippen LogP contribution in [0.1, 0.15) is 51.4 Å². The fourth-order valence-corrected chi connectivity index (χ4v) is 5.23. The van der Waals surface area contributed by atoms with Gasteiger partial charge in [0.05, 0.1) is 7.11 Å². The van der Waals surface area contributed by atoms with Crippen molar-refractivity contribution in [1.29, 1.82) is 0 Å². The maximum absolute atomic E-state index is 11.9. The second-order valence-electron chi connectivity index (χ2n) is 6.99. The summed E-state index contributed by atoms with van der Waals surface area (Å²) in [5.74, 6) is 3.07. The Balaban J connectivity index is 1.61. The monoisotopic (exact) mass is 251 g/mol. The molecule has 3 heteroatoms. The van der Waals surface area contributed by atoms with Gasteiger partial charge >= 0.3 is 0 Å². The molecule has 4 aliphatic rings. The molecule has 0 radical (unpaired) electrons. The van der Waals surface area contributed by atoms with Crippen LogP contribution in [-0.2, 0) is 9.63 Å². The zero-order valence-electron chi connectivity index (χ0n) is 11.7. The summed E-state index contributed by atoms with van der Waals surface area (Å²) in [6.07, 6.45) is 10.4. The van der Waals surface area contributed by atoms with E-state index in [0.29, 0.717) is 11.8 Å². The molecule has 0 atom stereocenters. The van der Waals surface area contributed by atoms with Gasteiger partial charge < -0.3 is 0 Å². The number of amides is 1. The fourth-order valence-electron chi connectivity index (χ4n) is 5.23. The van der Waals surface area contributed by atoms with Crippen molar-refractivity contribution in [3.63, 3.8) is 0 Å². The Morgan fingerprint density at radius 3 is 2.11 bits per heavy atom. The van der Waals surface area contributed by atoms with E-state index in [4.69, 9.17) is 4.84 Å². The molecule has 4 rings (SSSR count). The molecule has 0 saturated heterocycles. The number of carbonyl (C=O) groups is 1. The standard InChI is InChI=1S/C15H25NO2/c1-16(18-2)14(17)3-4-15-8-11-5-12(9-15)7-13(6-11)10-15/h11-13H,3-10H2,1-2H3. The van der Waals surface area contributed by atoms with Crippen molar-refractivity contribution < 1.29 is 9.63 Å². The minimum Gasteiger partial charge on any atom is -0.275 e. The lowest BCUT2D eigenvalue weighted by Crippen LogP contribution is -2.46. The Morgan fingerprint density at radius 1 is 1.17 bits per heavy atom. The molecule has 0 aromatic rings. The van der Waals surface area contributed by atoms with Crippen LogP contribution in [0.5, 0.6) is 0 Å². The van der Waals surface area contributed by atoms with Gasteiger partial charge in [0.15, 0.2) is 0 Å². The van der Waals surface area contributed by atoms with Gasteiger partial charge in [-0.2, -0.15) is 0 Å². The van der Waals surface area contributed by atoms with Crippen molar-refractivity contribution in [3.05, 3.63) is 0 Å². The van der Waals surface area contributed by atoms with E-state index >= 15 is 0 Å². The molecule has 0 heterocycles. The summed E-state index contributed by atoms with van der Waals surface area (Å²) < 4.78 is 0. The average molecular weight is 251 g/mol. The molecule has 4 bridgehead atoms. The van der Waals surface area contributed by atoms with Gasteiger partial charge in [-0.25, -0.2) is 5.06 Å². The number of hydroxylamine groups is 2. The highest BCUT2D eigenvalue weighted by Gasteiger charge is 2.50. The lowest BCUT2D eigenvalue weighted by Gasteiger charge is -2.57. The van der Waals surface area contributed by atoms with E-state index in [2.05, 4.69) is 0 Å². The topological polar surface area (TPSA) is 29.5 Å². The van der Waals surface area contributed by atoms with E-state index in [1.807, 2.05) is 0 Å². The van der Waals surface area contributed by atoms with Crippen molar-refractivity contribution in [2.75, 3.05) is 14.2 Å². The second kappa shape index (κ2) is 4.52. The molecule has 4 saturated carbocycles. The smallest absolute Gasteiger partial charge is 0.245 e. The molecule has 1 amide bonds. The van der Waals surface area contributed by atoms with E-state index in [0.717, 1.165) is 24.2 Å². The summed E-state index contributed by atoms with van der Waals surface area (Å²) in [5, 5.41) is 1.38. The Morgan fingerprint density at radius 2 is 1.67 bits per heavy atom. The molecule has 0 N–H and O–H groups in total. The average Bonchev–Trinajstić information content (AvgIpc) is 2.33. The van der Waals surface area contributed by atoms with Crippen molar-refractivity contribution >= 4 is 5.91 Å². The van der Waals surface area contributed by atoms with Gasteiger partial charge in [0.25, 0.3) is 0 Å². The van der Waals surface area contributed by atoms with Crippen LogP contribution < -0.4 is 0 Å². The second-order valence-corrected chi connectivity index (χ2v) is 6.99. The molecule has 0 unspecified atom stereocenters. The lowest BCUT2D eigenvalue weighted by atomic mass is 9.48. The van der Waals surface area contributed by atoms with Gasteiger partial charge in [0.1, 0.15) is 0 Å². The highest BCUT2D eigenvalue weighted by atomic mass is 16.7. The maximum Gasteiger partial charge on any atom is 0.245 e. The molecule has 0 aromatic heterocycles. The zero-order chi connectivity index (χ0) is 12.8. The minimum absolute atomic E-state index is 0.133. The van der Waals surface area contributed by atoms with Crippen LogP contribution in [0, 0.1) is 23.2 Å². The molecule has 0 aromatic carbocycles. The quantitative estimate of drug-likeness (QED) is 0.719.